The molecule has 0 amide bonds. The number of ether oxygens (including phenoxy) is 1. The third-order valence-electron chi connectivity index (χ3n) is 3.22. The molecule has 0 aliphatic heterocycles. The summed E-state index contributed by atoms with van der Waals surface area (Å²) in [6.07, 6.45) is 9.23. The molecule has 0 atom stereocenters. The number of nitrogens with two attached hydrogens (primary N) is 1. The average molecular weight is 240 g/mol. The monoisotopic (exact) mass is 240 g/mol. The Bertz CT molecular complexity index is 292. The molecule has 0 saturated heterocycles. The fraction of sp³-hybridized carbons (Fsp3) is 0.750. The third-order valence-corrected chi connectivity index (χ3v) is 3.97. The Morgan fingerprint density at radius 2 is 2.06 bits per heavy atom. The van der Waals surface area contributed by atoms with E-state index in [0.717, 1.165) is 12.8 Å². The van der Waals surface area contributed by atoms with Crippen LogP contribution in [0, 0.1) is 0 Å². The van der Waals surface area contributed by atoms with Crippen molar-refractivity contribution in [2.75, 3.05) is 6.61 Å². The second kappa shape index (κ2) is 5.75. The van der Waals surface area contributed by atoms with E-state index in [4.69, 9.17) is 10.5 Å². The molecule has 2 N–H and O–H groups in total. The highest BCUT2D eigenvalue weighted by Crippen LogP contribution is 2.25. The van der Waals surface area contributed by atoms with Gasteiger partial charge in [-0.2, -0.15) is 0 Å². The normalized spacial score (nSPS) is 20.6. The van der Waals surface area contributed by atoms with Crippen LogP contribution in [0.3, 0.4) is 0 Å². The summed E-state index contributed by atoms with van der Waals surface area (Å²) >= 11 is 1.64. The van der Waals surface area contributed by atoms with Gasteiger partial charge in [0.05, 0.1) is 23.6 Å². The van der Waals surface area contributed by atoms with Gasteiger partial charge in [-0.1, -0.05) is 25.7 Å². The van der Waals surface area contributed by atoms with E-state index in [1.165, 1.54) is 30.6 Å². The highest BCUT2D eigenvalue weighted by atomic mass is 32.1. The summed E-state index contributed by atoms with van der Waals surface area (Å²) < 4.78 is 5.72. The molecule has 1 heterocycles. The summed E-state index contributed by atoms with van der Waals surface area (Å²) in [5, 5.41) is 0. The Kier molecular flexibility index (Phi) is 4.32. The first-order valence-corrected chi connectivity index (χ1v) is 6.90. The van der Waals surface area contributed by atoms with Gasteiger partial charge in [-0.25, -0.2) is 0 Å². The van der Waals surface area contributed by atoms with Crippen LogP contribution in [0.5, 0.6) is 0 Å². The van der Waals surface area contributed by atoms with Crippen molar-refractivity contribution in [1.82, 2.24) is 4.98 Å². The van der Waals surface area contributed by atoms with Gasteiger partial charge in [0, 0.05) is 11.7 Å². The lowest BCUT2D eigenvalue weighted by Crippen LogP contribution is -2.43. The molecular formula is C12H20N2OS. The van der Waals surface area contributed by atoms with Crippen LogP contribution in [0.4, 0.5) is 0 Å². The first-order valence-electron chi connectivity index (χ1n) is 6.03. The molecule has 0 radical (unpaired) electrons. The second-order valence-electron chi connectivity index (χ2n) is 4.74. The maximum Gasteiger partial charge on any atom is 0.0826 e. The molecule has 4 heteroatoms. The number of thiazole rings is 1. The highest BCUT2D eigenvalue weighted by molar-refractivity contribution is 7.09. The van der Waals surface area contributed by atoms with Crippen LogP contribution < -0.4 is 5.73 Å². The molecule has 90 valence electrons. The van der Waals surface area contributed by atoms with Gasteiger partial charge in [0.25, 0.3) is 0 Å². The lowest BCUT2D eigenvalue weighted by Gasteiger charge is -2.27. The Hall–Kier alpha value is -0.450. The number of nitrogens with zero attached hydrogens (tertiary/aromatic N) is 1. The maximum atomic E-state index is 6.36. The van der Waals surface area contributed by atoms with Crippen molar-refractivity contribution >= 4 is 11.3 Å². The SMILES string of the molecule is NC1(COCc2cncs2)CCCCCC1. The van der Waals surface area contributed by atoms with E-state index in [1.807, 2.05) is 11.7 Å². The molecule has 1 saturated carbocycles. The topological polar surface area (TPSA) is 48.1 Å². The van der Waals surface area contributed by atoms with E-state index < -0.39 is 0 Å². The number of rotatable bonds is 4. The third kappa shape index (κ3) is 3.54. The minimum absolute atomic E-state index is 0.0822. The lowest BCUT2D eigenvalue weighted by molar-refractivity contribution is 0.0681. The first-order chi connectivity index (χ1) is 7.79. The molecule has 0 bridgehead atoms. The molecule has 1 aromatic heterocycles. The maximum absolute atomic E-state index is 6.36. The van der Waals surface area contributed by atoms with Crippen molar-refractivity contribution in [1.29, 1.82) is 0 Å². The largest absolute Gasteiger partial charge is 0.374 e. The van der Waals surface area contributed by atoms with Gasteiger partial charge in [0.2, 0.25) is 0 Å². The van der Waals surface area contributed by atoms with Crippen LogP contribution in [0.25, 0.3) is 0 Å². The number of hydrogen-bond acceptors (Lipinski definition) is 4. The zero-order chi connectivity index (χ0) is 11.3. The molecule has 1 aromatic rings. The van der Waals surface area contributed by atoms with Gasteiger partial charge in [-0.3, -0.25) is 4.98 Å². The quantitative estimate of drug-likeness (QED) is 0.823. The summed E-state index contributed by atoms with van der Waals surface area (Å²) in [6, 6.07) is 0. The van der Waals surface area contributed by atoms with Crippen molar-refractivity contribution in [2.24, 2.45) is 5.73 Å². The Morgan fingerprint density at radius 3 is 2.69 bits per heavy atom. The summed E-state index contributed by atoms with van der Waals surface area (Å²) in [4.78, 5) is 5.21. The Balaban J connectivity index is 1.75. The Labute approximate surface area is 101 Å². The summed E-state index contributed by atoms with van der Waals surface area (Å²) in [7, 11) is 0. The molecule has 1 fully saturated rings. The van der Waals surface area contributed by atoms with Crippen molar-refractivity contribution in [3.05, 3.63) is 16.6 Å². The molecule has 16 heavy (non-hydrogen) atoms. The summed E-state index contributed by atoms with van der Waals surface area (Å²) in [5.41, 5.74) is 8.12. The van der Waals surface area contributed by atoms with Gasteiger partial charge in [-0.05, 0) is 12.8 Å². The zero-order valence-electron chi connectivity index (χ0n) is 9.65. The summed E-state index contributed by atoms with van der Waals surface area (Å²) in [5.74, 6) is 0. The predicted molar refractivity (Wildman–Crippen MR) is 66.4 cm³/mol. The van der Waals surface area contributed by atoms with Gasteiger partial charge in [0.1, 0.15) is 0 Å². The van der Waals surface area contributed by atoms with Crippen LogP contribution in [0.15, 0.2) is 11.7 Å². The van der Waals surface area contributed by atoms with Gasteiger partial charge in [0.15, 0.2) is 0 Å². The van der Waals surface area contributed by atoms with E-state index in [1.54, 1.807) is 11.3 Å². The average Bonchev–Trinajstić information content (AvgIpc) is 2.68. The van der Waals surface area contributed by atoms with Gasteiger partial charge >= 0.3 is 0 Å². The van der Waals surface area contributed by atoms with Crippen molar-refractivity contribution in [2.45, 2.75) is 50.7 Å². The smallest absolute Gasteiger partial charge is 0.0826 e. The molecule has 0 spiro atoms. The van der Waals surface area contributed by atoms with Gasteiger partial charge in [-0.15, -0.1) is 11.3 Å². The zero-order valence-corrected chi connectivity index (χ0v) is 10.5. The molecule has 1 aliphatic carbocycles. The van der Waals surface area contributed by atoms with E-state index >= 15 is 0 Å². The van der Waals surface area contributed by atoms with Crippen LogP contribution in [0.1, 0.15) is 43.4 Å². The molecule has 3 nitrogen and oxygen atoms in total. The van der Waals surface area contributed by atoms with Crippen molar-refractivity contribution in [3.63, 3.8) is 0 Å². The highest BCUT2D eigenvalue weighted by Gasteiger charge is 2.26. The second-order valence-corrected chi connectivity index (χ2v) is 5.71. The minimum atomic E-state index is -0.0822. The lowest BCUT2D eigenvalue weighted by atomic mass is 9.93. The van der Waals surface area contributed by atoms with E-state index in [9.17, 15) is 0 Å². The van der Waals surface area contributed by atoms with E-state index in [0.29, 0.717) is 13.2 Å². The van der Waals surface area contributed by atoms with Crippen LogP contribution in [-0.2, 0) is 11.3 Å². The van der Waals surface area contributed by atoms with Crippen LogP contribution in [-0.4, -0.2) is 17.1 Å². The van der Waals surface area contributed by atoms with Crippen molar-refractivity contribution < 1.29 is 4.74 Å². The van der Waals surface area contributed by atoms with Crippen LogP contribution >= 0.6 is 11.3 Å². The standard InChI is InChI=1S/C12H20N2OS/c13-12(5-3-1-2-4-6-12)9-15-8-11-7-14-10-16-11/h7,10H,1-6,8-9,13H2. The number of hydrogen-bond donors (Lipinski definition) is 1. The Morgan fingerprint density at radius 1 is 1.31 bits per heavy atom. The fourth-order valence-corrected chi connectivity index (χ4v) is 2.78. The van der Waals surface area contributed by atoms with Crippen LogP contribution in [0.2, 0.25) is 0 Å². The predicted octanol–water partition coefficient (Wildman–Crippen LogP) is 2.71. The molecule has 0 aromatic carbocycles. The molecule has 0 unspecified atom stereocenters. The number of aromatic nitrogens is 1. The van der Waals surface area contributed by atoms with E-state index in [2.05, 4.69) is 4.98 Å². The molecule has 1 aliphatic rings. The van der Waals surface area contributed by atoms with Crippen molar-refractivity contribution in [3.8, 4) is 0 Å². The summed E-state index contributed by atoms with van der Waals surface area (Å²) in [6.45, 7) is 1.34. The minimum Gasteiger partial charge on any atom is -0.374 e. The molecule has 2 rings (SSSR count). The first kappa shape index (κ1) is 12.0. The van der Waals surface area contributed by atoms with Gasteiger partial charge < -0.3 is 10.5 Å². The van der Waals surface area contributed by atoms with E-state index in [-0.39, 0.29) is 5.54 Å². The fourth-order valence-electron chi connectivity index (χ4n) is 2.25. The molecular weight excluding hydrogens is 220 g/mol.